The Bertz CT molecular complexity index is 513. The maximum Gasteiger partial charge on any atom is 0.127 e. The van der Waals surface area contributed by atoms with Crippen molar-refractivity contribution in [2.24, 2.45) is 17.1 Å². The molecule has 1 aromatic rings. The van der Waals surface area contributed by atoms with Gasteiger partial charge in [-0.3, -0.25) is 0 Å². The molecule has 1 aliphatic carbocycles. The van der Waals surface area contributed by atoms with Crippen LogP contribution in [-0.2, 0) is 0 Å². The predicted molar refractivity (Wildman–Crippen MR) is 73.5 cm³/mol. The summed E-state index contributed by atoms with van der Waals surface area (Å²) < 4.78 is 19.7. The summed E-state index contributed by atoms with van der Waals surface area (Å²) in [6, 6.07) is 4.64. The highest BCUT2D eigenvalue weighted by Gasteiger charge is 2.53. The first kappa shape index (κ1) is 12.9. The van der Waals surface area contributed by atoms with Crippen LogP contribution in [0.25, 0.3) is 0 Å². The molecule has 2 nitrogen and oxygen atoms in total. The van der Waals surface area contributed by atoms with Crippen LogP contribution in [0.5, 0.6) is 5.75 Å². The van der Waals surface area contributed by atoms with E-state index >= 15 is 0 Å². The Morgan fingerprint density at radius 1 is 1.32 bits per heavy atom. The van der Waals surface area contributed by atoms with Crippen LogP contribution in [0.3, 0.4) is 0 Å². The molecule has 19 heavy (non-hydrogen) atoms. The van der Waals surface area contributed by atoms with Gasteiger partial charge >= 0.3 is 0 Å². The Morgan fingerprint density at radius 2 is 2.05 bits per heavy atom. The maximum atomic E-state index is 13.4. The minimum atomic E-state index is -0.257. The second kappa shape index (κ2) is 3.95. The molecular weight excluding hydrogens is 241 g/mol. The summed E-state index contributed by atoms with van der Waals surface area (Å²) in [7, 11) is 0. The number of hydrogen-bond acceptors (Lipinski definition) is 2. The van der Waals surface area contributed by atoms with Crippen molar-refractivity contribution in [3.05, 3.63) is 29.6 Å². The third kappa shape index (κ3) is 2.04. The van der Waals surface area contributed by atoms with Crippen LogP contribution in [0.1, 0.15) is 51.6 Å². The lowest BCUT2D eigenvalue weighted by molar-refractivity contribution is 0.00153. The molecule has 2 aliphatic rings. The zero-order valence-corrected chi connectivity index (χ0v) is 11.9. The second-order valence-corrected chi connectivity index (χ2v) is 7.11. The molecule has 1 aliphatic heterocycles. The molecule has 3 rings (SSSR count). The van der Waals surface area contributed by atoms with Crippen molar-refractivity contribution in [2.45, 2.75) is 51.7 Å². The number of rotatable bonds is 0. The highest BCUT2D eigenvalue weighted by Crippen LogP contribution is 2.55. The zero-order valence-electron chi connectivity index (χ0n) is 11.9. The summed E-state index contributed by atoms with van der Waals surface area (Å²) in [4.78, 5) is 0. The van der Waals surface area contributed by atoms with Gasteiger partial charge in [-0.25, -0.2) is 4.39 Å². The van der Waals surface area contributed by atoms with Gasteiger partial charge in [-0.05, 0) is 30.2 Å². The van der Waals surface area contributed by atoms with Crippen LogP contribution in [0, 0.1) is 17.2 Å². The summed E-state index contributed by atoms with van der Waals surface area (Å²) in [6.07, 6.45) is 2.95. The topological polar surface area (TPSA) is 35.2 Å². The molecule has 3 atom stereocenters. The average molecular weight is 263 g/mol. The fraction of sp³-hybridized carbons (Fsp3) is 0.625. The summed E-state index contributed by atoms with van der Waals surface area (Å²) >= 11 is 0. The van der Waals surface area contributed by atoms with Crippen molar-refractivity contribution in [2.75, 3.05) is 0 Å². The number of benzene rings is 1. The van der Waals surface area contributed by atoms with E-state index in [2.05, 4.69) is 20.8 Å². The Labute approximate surface area is 114 Å². The summed E-state index contributed by atoms with van der Waals surface area (Å²) in [6.45, 7) is 6.77. The minimum Gasteiger partial charge on any atom is -0.486 e. The molecule has 2 unspecified atom stereocenters. The smallest absolute Gasteiger partial charge is 0.127 e. The predicted octanol–water partition coefficient (Wildman–Crippen LogP) is 3.80. The van der Waals surface area contributed by atoms with E-state index in [0.29, 0.717) is 11.7 Å². The maximum absolute atomic E-state index is 13.4. The Balaban J connectivity index is 2.01. The monoisotopic (exact) mass is 263 g/mol. The van der Waals surface area contributed by atoms with E-state index in [0.717, 1.165) is 24.8 Å². The van der Waals surface area contributed by atoms with Gasteiger partial charge in [0.15, 0.2) is 0 Å². The van der Waals surface area contributed by atoms with E-state index in [1.54, 1.807) is 6.07 Å². The molecule has 0 saturated heterocycles. The van der Waals surface area contributed by atoms with E-state index < -0.39 is 0 Å². The van der Waals surface area contributed by atoms with Crippen molar-refractivity contribution in [1.29, 1.82) is 0 Å². The lowest BCUT2D eigenvalue weighted by atomic mass is 9.80. The van der Waals surface area contributed by atoms with Gasteiger partial charge in [0.05, 0.1) is 0 Å². The summed E-state index contributed by atoms with van der Waals surface area (Å²) in [5, 5.41) is 0. The van der Waals surface area contributed by atoms with Gasteiger partial charge in [-0.2, -0.15) is 0 Å². The molecule has 1 spiro atoms. The van der Waals surface area contributed by atoms with Gasteiger partial charge in [-0.15, -0.1) is 0 Å². The molecule has 1 heterocycles. The minimum absolute atomic E-state index is 0.0549. The van der Waals surface area contributed by atoms with Gasteiger partial charge in [-0.1, -0.05) is 26.8 Å². The summed E-state index contributed by atoms with van der Waals surface area (Å²) in [5.41, 5.74) is 7.28. The van der Waals surface area contributed by atoms with Gasteiger partial charge in [0.2, 0.25) is 0 Å². The van der Waals surface area contributed by atoms with Crippen molar-refractivity contribution in [3.63, 3.8) is 0 Å². The van der Waals surface area contributed by atoms with Crippen LogP contribution >= 0.6 is 0 Å². The number of fused-ring (bicyclic) bond motifs is 1. The first-order valence-corrected chi connectivity index (χ1v) is 7.05. The van der Waals surface area contributed by atoms with Crippen molar-refractivity contribution >= 4 is 0 Å². The van der Waals surface area contributed by atoms with E-state index in [1.165, 1.54) is 12.1 Å². The van der Waals surface area contributed by atoms with Crippen molar-refractivity contribution < 1.29 is 9.13 Å². The number of halogens is 1. The largest absolute Gasteiger partial charge is 0.486 e. The molecule has 104 valence electrons. The third-order valence-electron chi connectivity index (χ3n) is 4.79. The quantitative estimate of drug-likeness (QED) is 0.772. The lowest BCUT2D eigenvalue weighted by Gasteiger charge is -2.42. The Morgan fingerprint density at radius 3 is 2.68 bits per heavy atom. The molecule has 1 aromatic carbocycles. The average Bonchev–Trinajstić information content (AvgIpc) is 2.46. The van der Waals surface area contributed by atoms with Gasteiger partial charge < -0.3 is 10.5 Å². The van der Waals surface area contributed by atoms with E-state index in [1.807, 2.05) is 0 Å². The Kier molecular flexibility index (Phi) is 2.69. The highest BCUT2D eigenvalue weighted by molar-refractivity contribution is 5.39. The Hall–Kier alpha value is -1.09. The van der Waals surface area contributed by atoms with E-state index in [4.69, 9.17) is 10.5 Å². The van der Waals surface area contributed by atoms with Gasteiger partial charge in [0, 0.05) is 24.1 Å². The fourth-order valence-electron chi connectivity index (χ4n) is 4.13. The van der Waals surface area contributed by atoms with E-state index in [9.17, 15) is 4.39 Å². The summed E-state index contributed by atoms with van der Waals surface area (Å²) in [5.74, 6) is 0.834. The first-order valence-electron chi connectivity index (χ1n) is 7.05. The fourth-order valence-corrected chi connectivity index (χ4v) is 4.13. The number of hydrogen-bond donors (Lipinski definition) is 1. The third-order valence-corrected chi connectivity index (χ3v) is 4.79. The number of ether oxygens (including phenoxy) is 1. The molecule has 1 saturated carbocycles. The van der Waals surface area contributed by atoms with Gasteiger partial charge in [0.1, 0.15) is 17.2 Å². The van der Waals surface area contributed by atoms with Crippen LogP contribution in [-0.4, -0.2) is 5.60 Å². The van der Waals surface area contributed by atoms with Gasteiger partial charge in [0.25, 0.3) is 0 Å². The molecule has 2 N–H and O–H groups in total. The van der Waals surface area contributed by atoms with Crippen LogP contribution < -0.4 is 10.5 Å². The second-order valence-electron chi connectivity index (χ2n) is 7.11. The molecule has 3 heteroatoms. The van der Waals surface area contributed by atoms with Crippen molar-refractivity contribution in [3.8, 4) is 5.75 Å². The molecule has 1 fully saturated rings. The molecule has 0 radical (unpaired) electrons. The van der Waals surface area contributed by atoms with E-state index in [-0.39, 0.29) is 22.9 Å². The molecule has 0 bridgehead atoms. The standard InChI is InChI=1S/C16H22FNO/c1-10-7-15(2,3)9-16(10)8-13(18)12-5-4-11(17)6-14(12)19-16/h4-6,10,13H,7-9,18H2,1-3H3/t10?,13-,16?/m0/s1. The van der Waals surface area contributed by atoms with Crippen LogP contribution in [0.15, 0.2) is 18.2 Å². The molecule has 0 aromatic heterocycles. The molecular formula is C16H22FNO. The molecule has 0 amide bonds. The first-order chi connectivity index (χ1) is 8.81. The zero-order chi connectivity index (χ0) is 13.8. The lowest BCUT2D eigenvalue weighted by Crippen LogP contribution is -2.45. The van der Waals surface area contributed by atoms with Crippen LogP contribution in [0.4, 0.5) is 4.39 Å². The SMILES string of the molecule is CC1CC(C)(C)CC12C[C@H](N)c1ccc(F)cc1O2. The number of nitrogens with two attached hydrogens (primary N) is 1. The highest BCUT2D eigenvalue weighted by atomic mass is 19.1. The normalized spacial score (nSPS) is 36.1. The van der Waals surface area contributed by atoms with Crippen molar-refractivity contribution in [1.82, 2.24) is 0 Å². The van der Waals surface area contributed by atoms with Crippen LogP contribution in [0.2, 0.25) is 0 Å².